The lowest BCUT2D eigenvalue weighted by molar-refractivity contribution is 0.0491. The predicted octanol–water partition coefficient (Wildman–Crippen LogP) is 7.28. The van der Waals surface area contributed by atoms with Gasteiger partial charge in [0.15, 0.2) is 0 Å². The highest BCUT2D eigenvalue weighted by Crippen LogP contribution is 2.34. The number of carbonyl (C=O) groups excluding carboxylic acids is 2. The molecule has 3 aromatic heterocycles. The number of aryl methyl sites for hydroxylation is 1. The van der Waals surface area contributed by atoms with Crippen LogP contribution in [0.5, 0.6) is 0 Å². The van der Waals surface area contributed by atoms with E-state index in [0.29, 0.717) is 43.4 Å². The van der Waals surface area contributed by atoms with Crippen LogP contribution >= 0.6 is 22.9 Å². The highest BCUT2D eigenvalue weighted by atomic mass is 35.5. The molecule has 0 saturated carbocycles. The van der Waals surface area contributed by atoms with E-state index < -0.39 is 16.0 Å². The van der Waals surface area contributed by atoms with Gasteiger partial charge in [0.2, 0.25) is 5.76 Å². The van der Waals surface area contributed by atoms with Crippen molar-refractivity contribution < 1.29 is 31.6 Å². The Balaban J connectivity index is 1.54. The summed E-state index contributed by atoms with van der Waals surface area (Å²) < 4.78 is 45.8. The lowest BCUT2D eigenvalue weighted by atomic mass is 10.1. The van der Waals surface area contributed by atoms with Crippen molar-refractivity contribution >= 4 is 61.5 Å². The molecule has 0 atom stereocenters. The van der Waals surface area contributed by atoms with Crippen LogP contribution < -0.4 is 4.31 Å². The Morgan fingerprint density at radius 3 is 2.51 bits per heavy atom. The van der Waals surface area contributed by atoms with Crippen molar-refractivity contribution in [2.45, 2.75) is 38.8 Å². The Labute approximate surface area is 258 Å². The molecule has 0 aliphatic heterocycles. The molecule has 2 aromatic carbocycles. The van der Waals surface area contributed by atoms with Crippen molar-refractivity contribution in [2.24, 2.45) is 0 Å². The molecule has 12 heteroatoms. The lowest BCUT2D eigenvalue weighted by Crippen LogP contribution is -2.34. The molecule has 0 unspecified atom stereocenters. The van der Waals surface area contributed by atoms with Crippen LogP contribution in [0.15, 0.2) is 86.0 Å². The standard InChI is InChI=1S/C31H29ClN2O7S2/c1-4-34(43(37,38)24-11-13-27-25(17-24)20(3)29(41-27)31(36)39-5-2)26-12-10-22(32)16-21(26)18-33(19-23-8-6-14-40-23)30(35)28-9-7-15-42-28/h6-17H,4-5,18-19H2,1-3H3. The van der Waals surface area contributed by atoms with E-state index >= 15 is 0 Å². The maximum absolute atomic E-state index is 14.1. The number of hydrogen-bond donors (Lipinski definition) is 0. The van der Waals surface area contributed by atoms with Gasteiger partial charge in [-0.25, -0.2) is 13.2 Å². The molecule has 43 heavy (non-hydrogen) atoms. The first-order valence-corrected chi connectivity index (χ1v) is 16.2. The Bertz CT molecular complexity index is 1860. The maximum Gasteiger partial charge on any atom is 0.374 e. The van der Waals surface area contributed by atoms with Crippen LogP contribution in [0.4, 0.5) is 5.69 Å². The number of nitrogens with zero attached hydrogens (tertiary/aromatic N) is 2. The van der Waals surface area contributed by atoms with Gasteiger partial charge in [0.1, 0.15) is 11.3 Å². The van der Waals surface area contributed by atoms with Gasteiger partial charge >= 0.3 is 5.97 Å². The molecule has 0 spiro atoms. The molecule has 0 saturated heterocycles. The summed E-state index contributed by atoms with van der Waals surface area (Å²) in [5.74, 6) is -0.218. The Morgan fingerprint density at radius 1 is 1.02 bits per heavy atom. The van der Waals surface area contributed by atoms with Crippen molar-refractivity contribution in [3.05, 3.63) is 105 Å². The van der Waals surface area contributed by atoms with Crippen molar-refractivity contribution in [1.29, 1.82) is 0 Å². The van der Waals surface area contributed by atoms with Crippen molar-refractivity contribution in [1.82, 2.24) is 4.90 Å². The summed E-state index contributed by atoms with van der Waals surface area (Å²) in [6.45, 7) is 5.64. The number of sulfonamides is 1. The summed E-state index contributed by atoms with van der Waals surface area (Å²) in [5, 5.41) is 2.71. The van der Waals surface area contributed by atoms with Gasteiger partial charge in [-0.2, -0.15) is 0 Å². The fraction of sp³-hybridized carbons (Fsp3) is 0.226. The zero-order valence-corrected chi connectivity index (χ0v) is 26.1. The minimum Gasteiger partial charge on any atom is -0.467 e. The summed E-state index contributed by atoms with van der Waals surface area (Å²) in [6.07, 6.45) is 1.54. The molecule has 0 fully saturated rings. The molecule has 224 valence electrons. The number of amides is 1. The molecule has 0 N–H and O–H groups in total. The number of thiophene rings is 1. The molecular weight excluding hydrogens is 612 g/mol. The van der Waals surface area contributed by atoms with Crippen LogP contribution in [0.3, 0.4) is 0 Å². The summed E-state index contributed by atoms with van der Waals surface area (Å²) in [4.78, 5) is 28.0. The molecule has 0 radical (unpaired) electrons. The predicted molar refractivity (Wildman–Crippen MR) is 165 cm³/mol. The SMILES string of the molecule is CCOC(=O)c1oc2ccc(S(=O)(=O)N(CC)c3ccc(Cl)cc3CN(Cc3ccco3)C(=O)c3cccs3)cc2c1C. The fourth-order valence-electron chi connectivity index (χ4n) is 4.82. The van der Waals surface area contributed by atoms with E-state index in [1.807, 2.05) is 5.38 Å². The minimum atomic E-state index is -4.11. The third kappa shape index (κ3) is 6.20. The van der Waals surface area contributed by atoms with Gasteiger partial charge in [-0.15, -0.1) is 11.3 Å². The highest BCUT2D eigenvalue weighted by Gasteiger charge is 2.29. The number of anilines is 1. The van der Waals surface area contributed by atoms with Crippen LogP contribution in [0.1, 0.15) is 51.0 Å². The van der Waals surface area contributed by atoms with Crippen LogP contribution in [0.25, 0.3) is 11.0 Å². The number of hydrogen-bond acceptors (Lipinski definition) is 8. The quantitative estimate of drug-likeness (QED) is 0.139. The number of esters is 1. The number of halogens is 1. The van der Waals surface area contributed by atoms with Crippen molar-refractivity contribution in [3.63, 3.8) is 0 Å². The monoisotopic (exact) mass is 640 g/mol. The van der Waals surface area contributed by atoms with Crippen molar-refractivity contribution in [2.75, 3.05) is 17.5 Å². The molecule has 3 heterocycles. The molecule has 0 aliphatic carbocycles. The van der Waals surface area contributed by atoms with Gasteiger partial charge < -0.3 is 18.5 Å². The number of carbonyl (C=O) groups is 2. The molecule has 0 aliphatic rings. The minimum absolute atomic E-state index is 0.0177. The second kappa shape index (κ2) is 12.7. The number of furan rings is 2. The second-order valence-corrected chi connectivity index (χ2v) is 12.8. The van der Waals surface area contributed by atoms with E-state index in [1.54, 1.807) is 68.1 Å². The van der Waals surface area contributed by atoms with Gasteiger partial charge in [-0.3, -0.25) is 9.10 Å². The van der Waals surface area contributed by atoms with E-state index in [-0.39, 0.29) is 42.8 Å². The van der Waals surface area contributed by atoms with Gasteiger partial charge in [-0.05, 0) is 86.3 Å². The van der Waals surface area contributed by atoms with Gasteiger partial charge in [0, 0.05) is 29.1 Å². The largest absolute Gasteiger partial charge is 0.467 e. The average Bonchev–Trinajstić information content (AvgIpc) is 3.76. The number of ether oxygens (including phenoxy) is 1. The van der Waals surface area contributed by atoms with Gasteiger partial charge in [-0.1, -0.05) is 17.7 Å². The molecule has 5 rings (SSSR count). The summed E-state index contributed by atoms with van der Waals surface area (Å²) >= 11 is 7.72. The van der Waals surface area contributed by atoms with Crippen LogP contribution in [0.2, 0.25) is 5.02 Å². The number of fused-ring (bicyclic) bond motifs is 1. The Morgan fingerprint density at radius 2 is 1.84 bits per heavy atom. The maximum atomic E-state index is 14.1. The van der Waals surface area contributed by atoms with E-state index in [4.69, 9.17) is 25.2 Å². The highest BCUT2D eigenvalue weighted by molar-refractivity contribution is 7.92. The average molecular weight is 641 g/mol. The molecule has 5 aromatic rings. The second-order valence-electron chi connectivity index (χ2n) is 9.60. The van der Waals surface area contributed by atoms with Crippen LogP contribution in [-0.2, 0) is 27.8 Å². The summed E-state index contributed by atoms with van der Waals surface area (Å²) in [7, 11) is -4.11. The Hall–Kier alpha value is -4.06. The zero-order chi connectivity index (χ0) is 30.7. The van der Waals surface area contributed by atoms with E-state index in [2.05, 4.69) is 0 Å². The normalized spacial score (nSPS) is 11.5. The molecule has 0 bridgehead atoms. The topological polar surface area (TPSA) is 110 Å². The first-order valence-electron chi connectivity index (χ1n) is 13.5. The Kier molecular flexibility index (Phi) is 8.95. The summed E-state index contributed by atoms with van der Waals surface area (Å²) in [5.41, 5.74) is 1.78. The number of rotatable bonds is 11. The fourth-order valence-corrected chi connectivity index (χ4v) is 7.25. The number of benzene rings is 2. The third-order valence-electron chi connectivity index (χ3n) is 6.86. The van der Waals surface area contributed by atoms with Crippen molar-refractivity contribution in [3.8, 4) is 0 Å². The van der Waals surface area contributed by atoms with E-state index in [9.17, 15) is 18.0 Å². The first-order chi connectivity index (χ1) is 20.6. The van der Waals surface area contributed by atoms with Crippen LogP contribution in [0, 0.1) is 6.92 Å². The van der Waals surface area contributed by atoms with Gasteiger partial charge in [0.25, 0.3) is 15.9 Å². The molecule has 9 nitrogen and oxygen atoms in total. The lowest BCUT2D eigenvalue weighted by Gasteiger charge is -2.28. The zero-order valence-electron chi connectivity index (χ0n) is 23.7. The van der Waals surface area contributed by atoms with E-state index in [1.165, 1.54) is 40.1 Å². The van der Waals surface area contributed by atoms with Gasteiger partial charge in [0.05, 0.1) is 34.9 Å². The third-order valence-corrected chi connectivity index (χ3v) is 9.84. The molecule has 1 amide bonds. The summed E-state index contributed by atoms with van der Waals surface area (Å²) in [6, 6.07) is 16.4. The van der Waals surface area contributed by atoms with E-state index in [0.717, 1.165) is 0 Å². The first kappa shape index (κ1) is 30.4. The molecular formula is C31H29ClN2O7S2. The smallest absolute Gasteiger partial charge is 0.374 e. The van der Waals surface area contributed by atoms with Crippen LogP contribution in [-0.4, -0.2) is 38.3 Å².